The van der Waals surface area contributed by atoms with Crippen molar-refractivity contribution in [1.82, 2.24) is 4.90 Å². The van der Waals surface area contributed by atoms with Gasteiger partial charge in [0.05, 0.1) is 0 Å². The van der Waals surface area contributed by atoms with Gasteiger partial charge in [0.1, 0.15) is 0 Å². The summed E-state index contributed by atoms with van der Waals surface area (Å²) in [6.07, 6.45) is 7.71. The van der Waals surface area contributed by atoms with E-state index < -0.39 is 0 Å². The van der Waals surface area contributed by atoms with E-state index in [9.17, 15) is 4.79 Å². The van der Waals surface area contributed by atoms with Crippen LogP contribution >= 0.6 is 0 Å². The summed E-state index contributed by atoms with van der Waals surface area (Å²) in [5.41, 5.74) is 0.418. The monoisotopic (exact) mass is 295 g/mol. The van der Waals surface area contributed by atoms with Gasteiger partial charge in [-0.1, -0.05) is 20.8 Å². The molecule has 122 valence electrons. The number of rotatable bonds is 3. The summed E-state index contributed by atoms with van der Waals surface area (Å²) in [4.78, 5) is 14.4. The fourth-order valence-electron chi connectivity index (χ4n) is 3.97. The summed E-state index contributed by atoms with van der Waals surface area (Å²) in [7, 11) is 0. The van der Waals surface area contributed by atoms with Crippen LogP contribution in [-0.2, 0) is 4.79 Å². The average Bonchev–Trinajstić information content (AvgIpc) is 2.47. The molecule has 0 radical (unpaired) electrons. The zero-order chi connectivity index (χ0) is 15.5. The van der Waals surface area contributed by atoms with Crippen LogP contribution in [0.1, 0.15) is 65.7 Å². The second-order valence-electron chi connectivity index (χ2n) is 8.29. The van der Waals surface area contributed by atoms with Crippen LogP contribution in [0.15, 0.2) is 0 Å². The molecule has 0 aromatic heterocycles. The van der Waals surface area contributed by atoms with E-state index in [-0.39, 0.29) is 6.61 Å². The summed E-state index contributed by atoms with van der Waals surface area (Å²) in [5.74, 6) is 2.19. The molecule has 1 aliphatic carbocycles. The molecule has 2 aliphatic rings. The topological polar surface area (TPSA) is 40.5 Å². The molecule has 0 atom stereocenters. The van der Waals surface area contributed by atoms with Crippen molar-refractivity contribution >= 4 is 5.91 Å². The molecule has 1 saturated heterocycles. The molecule has 1 N–H and O–H groups in total. The molecule has 0 bridgehead atoms. The van der Waals surface area contributed by atoms with E-state index in [1.165, 1.54) is 25.7 Å². The number of piperidine rings is 1. The maximum absolute atomic E-state index is 12.4. The molecule has 3 heteroatoms. The van der Waals surface area contributed by atoms with Crippen LogP contribution in [0.5, 0.6) is 0 Å². The molecule has 0 unspecified atom stereocenters. The number of carbonyl (C=O) groups is 1. The summed E-state index contributed by atoms with van der Waals surface area (Å²) in [5, 5.41) is 9.16. The quantitative estimate of drug-likeness (QED) is 0.866. The molecular weight excluding hydrogens is 262 g/mol. The normalized spacial score (nSPS) is 28.7. The third-order valence-electron chi connectivity index (χ3n) is 5.76. The van der Waals surface area contributed by atoms with Crippen LogP contribution in [0.25, 0.3) is 0 Å². The number of likely N-dealkylation sites (tertiary alicyclic amines) is 1. The number of hydrogen-bond acceptors (Lipinski definition) is 2. The third-order valence-corrected chi connectivity index (χ3v) is 5.76. The van der Waals surface area contributed by atoms with Crippen molar-refractivity contribution in [2.75, 3.05) is 19.7 Å². The summed E-state index contributed by atoms with van der Waals surface area (Å²) >= 11 is 0. The van der Waals surface area contributed by atoms with E-state index in [0.29, 0.717) is 23.2 Å². The maximum atomic E-state index is 12.4. The second kappa shape index (κ2) is 7.13. The van der Waals surface area contributed by atoms with Gasteiger partial charge in [-0.05, 0) is 61.7 Å². The molecular formula is C18H33NO2. The van der Waals surface area contributed by atoms with Gasteiger partial charge in [0.25, 0.3) is 0 Å². The van der Waals surface area contributed by atoms with Crippen LogP contribution in [0.3, 0.4) is 0 Å². The summed E-state index contributed by atoms with van der Waals surface area (Å²) in [6, 6.07) is 0. The molecule has 21 heavy (non-hydrogen) atoms. The van der Waals surface area contributed by atoms with Crippen LogP contribution < -0.4 is 0 Å². The fourth-order valence-corrected chi connectivity index (χ4v) is 3.97. The van der Waals surface area contributed by atoms with Gasteiger partial charge in [0, 0.05) is 26.1 Å². The lowest BCUT2D eigenvalue weighted by molar-refractivity contribution is -0.134. The number of carbonyl (C=O) groups excluding carboxylic acids is 1. The lowest BCUT2D eigenvalue weighted by atomic mass is 9.69. The SMILES string of the molecule is CC(C)(C)C1CCC(CC(=O)N2CCC(CO)CC2)CC1. The lowest BCUT2D eigenvalue weighted by Gasteiger charge is -2.38. The van der Waals surface area contributed by atoms with Crippen LogP contribution in [0.2, 0.25) is 0 Å². The predicted molar refractivity (Wildman–Crippen MR) is 85.9 cm³/mol. The average molecular weight is 295 g/mol. The number of aliphatic hydroxyl groups is 1. The Balaban J connectivity index is 1.72. The Hall–Kier alpha value is -0.570. The summed E-state index contributed by atoms with van der Waals surface area (Å²) < 4.78 is 0. The van der Waals surface area contributed by atoms with E-state index in [0.717, 1.165) is 38.3 Å². The highest BCUT2D eigenvalue weighted by Gasteiger charge is 2.31. The first-order valence-electron chi connectivity index (χ1n) is 8.78. The Morgan fingerprint density at radius 2 is 1.57 bits per heavy atom. The van der Waals surface area contributed by atoms with Gasteiger partial charge < -0.3 is 10.0 Å². The lowest BCUT2D eigenvalue weighted by Crippen LogP contribution is -2.40. The van der Waals surface area contributed by atoms with E-state index in [1.807, 2.05) is 4.90 Å². The number of nitrogens with zero attached hydrogens (tertiary/aromatic N) is 1. The van der Waals surface area contributed by atoms with Gasteiger partial charge in [0.15, 0.2) is 0 Å². The van der Waals surface area contributed by atoms with E-state index in [1.54, 1.807) is 0 Å². The second-order valence-corrected chi connectivity index (χ2v) is 8.29. The Bertz CT molecular complexity index is 332. The van der Waals surface area contributed by atoms with E-state index in [4.69, 9.17) is 5.11 Å². The van der Waals surface area contributed by atoms with Crippen molar-refractivity contribution in [2.24, 2.45) is 23.2 Å². The first-order chi connectivity index (χ1) is 9.90. The maximum Gasteiger partial charge on any atom is 0.222 e. The largest absolute Gasteiger partial charge is 0.396 e. The minimum absolute atomic E-state index is 0.277. The minimum Gasteiger partial charge on any atom is -0.396 e. The molecule has 1 saturated carbocycles. The van der Waals surface area contributed by atoms with E-state index >= 15 is 0 Å². The van der Waals surface area contributed by atoms with Crippen molar-refractivity contribution in [2.45, 2.75) is 65.7 Å². The van der Waals surface area contributed by atoms with Gasteiger partial charge in [-0.15, -0.1) is 0 Å². The van der Waals surface area contributed by atoms with Crippen LogP contribution in [0.4, 0.5) is 0 Å². The van der Waals surface area contributed by atoms with Crippen LogP contribution in [-0.4, -0.2) is 35.6 Å². The van der Waals surface area contributed by atoms with Crippen molar-refractivity contribution in [1.29, 1.82) is 0 Å². The first kappa shape index (κ1) is 16.8. The van der Waals surface area contributed by atoms with Crippen LogP contribution in [0, 0.1) is 23.2 Å². The molecule has 1 aliphatic heterocycles. The van der Waals surface area contributed by atoms with E-state index in [2.05, 4.69) is 20.8 Å². The Labute approximate surface area is 130 Å². The highest BCUT2D eigenvalue weighted by atomic mass is 16.3. The van der Waals surface area contributed by atoms with Gasteiger partial charge in [-0.2, -0.15) is 0 Å². The number of hydrogen-bond donors (Lipinski definition) is 1. The highest BCUT2D eigenvalue weighted by molar-refractivity contribution is 5.76. The van der Waals surface area contributed by atoms with Crippen molar-refractivity contribution in [3.8, 4) is 0 Å². The Morgan fingerprint density at radius 1 is 1.00 bits per heavy atom. The molecule has 1 amide bonds. The van der Waals surface area contributed by atoms with Gasteiger partial charge in [0.2, 0.25) is 5.91 Å². The summed E-state index contributed by atoms with van der Waals surface area (Å²) in [6.45, 7) is 9.00. The smallest absolute Gasteiger partial charge is 0.222 e. The number of amides is 1. The van der Waals surface area contributed by atoms with Crippen molar-refractivity contribution < 1.29 is 9.90 Å². The van der Waals surface area contributed by atoms with Gasteiger partial charge >= 0.3 is 0 Å². The molecule has 0 aromatic rings. The third kappa shape index (κ3) is 4.70. The van der Waals surface area contributed by atoms with Gasteiger partial charge in [-0.3, -0.25) is 4.79 Å². The highest BCUT2D eigenvalue weighted by Crippen LogP contribution is 2.40. The minimum atomic E-state index is 0.277. The Kier molecular flexibility index (Phi) is 5.70. The predicted octanol–water partition coefficient (Wildman–Crippen LogP) is 3.46. The zero-order valence-corrected chi connectivity index (χ0v) is 14.1. The fraction of sp³-hybridized carbons (Fsp3) is 0.944. The molecule has 0 aromatic carbocycles. The molecule has 0 spiro atoms. The first-order valence-corrected chi connectivity index (χ1v) is 8.78. The molecule has 2 fully saturated rings. The molecule has 3 nitrogen and oxygen atoms in total. The zero-order valence-electron chi connectivity index (χ0n) is 14.1. The number of aliphatic hydroxyl groups excluding tert-OH is 1. The molecule has 2 rings (SSSR count). The van der Waals surface area contributed by atoms with Crippen molar-refractivity contribution in [3.05, 3.63) is 0 Å². The van der Waals surface area contributed by atoms with Gasteiger partial charge in [-0.25, -0.2) is 0 Å². The molecule has 1 heterocycles. The standard InChI is InChI=1S/C18H33NO2/c1-18(2,3)16-6-4-14(5-7-16)12-17(21)19-10-8-15(13-20)9-11-19/h14-16,20H,4-13H2,1-3H3. The Morgan fingerprint density at radius 3 is 2.05 bits per heavy atom. The van der Waals surface area contributed by atoms with Crippen molar-refractivity contribution in [3.63, 3.8) is 0 Å².